The monoisotopic (exact) mass is 410 g/mol. The third-order valence-electron chi connectivity index (χ3n) is 5.46. The van der Waals surface area contributed by atoms with Gasteiger partial charge >= 0.3 is 6.03 Å². The van der Waals surface area contributed by atoms with Crippen LogP contribution in [0.2, 0.25) is 0 Å². The molecular weight excluding hydrogens is 388 g/mol. The maximum atomic E-state index is 13.3. The molecule has 0 radical (unpaired) electrons. The van der Waals surface area contributed by atoms with Gasteiger partial charge < -0.3 is 10.1 Å². The summed E-state index contributed by atoms with van der Waals surface area (Å²) in [5.74, 6) is 0.469. The fraction of sp³-hybridized carbons (Fsp3) is 0.333. The lowest BCUT2D eigenvalue weighted by atomic mass is 9.99. The number of aryl methyl sites for hydroxylation is 2. The lowest BCUT2D eigenvalue weighted by molar-refractivity contribution is 0.256. The number of anilines is 1. The molecule has 29 heavy (non-hydrogen) atoms. The Kier molecular flexibility index (Phi) is 5.16. The van der Waals surface area contributed by atoms with E-state index in [1.54, 1.807) is 18.2 Å². The molecule has 2 aliphatic carbocycles. The number of hydrogen-bond acceptors (Lipinski definition) is 4. The van der Waals surface area contributed by atoms with Crippen molar-refractivity contribution < 1.29 is 13.7 Å². The zero-order valence-corrected chi connectivity index (χ0v) is 17.0. The van der Waals surface area contributed by atoms with Crippen LogP contribution in [0, 0.1) is 6.57 Å². The van der Waals surface area contributed by atoms with E-state index in [4.69, 9.17) is 11.3 Å². The van der Waals surface area contributed by atoms with Gasteiger partial charge in [-0.1, -0.05) is 12.1 Å². The van der Waals surface area contributed by atoms with E-state index in [0.29, 0.717) is 5.75 Å². The minimum absolute atomic E-state index is 0.214. The molecule has 0 aromatic heterocycles. The number of ether oxygens (including phenoxy) is 1. The van der Waals surface area contributed by atoms with Crippen LogP contribution in [0.1, 0.15) is 35.1 Å². The van der Waals surface area contributed by atoms with Gasteiger partial charge in [0.15, 0.2) is 4.47 Å². The van der Waals surface area contributed by atoms with Crippen LogP contribution in [0.3, 0.4) is 0 Å². The zero-order valence-electron chi connectivity index (χ0n) is 16.2. The number of hydrogen-bond donors (Lipinski definition) is 2. The summed E-state index contributed by atoms with van der Waals surface area (Å²) in [5.41, 5.74) is 5.78. The van der Waals surface area contributed by atoms with Crippen LogP contribution < -0.4 is 14.8 Å². The number of methoxy groups -OCH3 is 1. The summed E-state index contributed by atoms with van der Waals surface area (Å²) in [4.78, 5) is 16.0. The molecule has 0 fully saturated rings. The third kappa shape index (κ3) is 3.66. The first-order valence-electron chi connectivity index (χ1n) is 9.56. The van der Waals surface area contributed by atoms with Crippen molar-refractivity contribution in [3.05, 3.63) is 64.1 Å². The summed E-state index contributed by atoms with van der Waals surface area (Å²) in [7, 11) is -1.98. The Morgan fingerprint density at radius 2 is 1.83 bits per heavy atom. The number of amides is 2. The molecule has 2 aromatic rings. The average molecular weight is 410 g/mol. The lowest BCUT2D eigenvalue weighted by Crippen LogP contribution is -2.34. The summed E-state index contributed by atoms with van der Waals surface area (Å²) in [6.45, 7) is 7.05. The van der Waals surface area contributed by atoms with Crippen molar-refractivity contribution in [3.63, 3.8) is 0 Å². The predicted molar refractivity (Wildman–Crippen MR) is 111 cm³/mol. The van der Waals surface area contributed by atoms with E-state index >= 15 is 0 Å². The van der Waals surface area contributed by atoms with E-state index in [1.165, 1.54) is 35.4 Å². The smallest absolute Gasteiger partial charge is 0.332 e. The van der Waals surface area contributed by atoms with Gasteiger partial charge in [0.2, 0.25) is 9.92 Å². The highest BCUT2D eigenvalue weighted by Crippen LogP contribution is 2.38. The summed E-state index contributed by atoms with van der Waals surface area (Å²) in [6.07, 6.45) is 6.04. The van der Waals surface area contributed by atoms with E-state index in [-0.39, 0.29) is 4.90 Å². The lowest BCUT2D eigenvalue weighted by Gasteiger charge is -2.17. The SMILES string of the molecule is [C-]#[N+]N=S(=O)(NC(=O)Nc1c2c(cc3c1CCC3)CCC2)c1cccc(OC)c1. The van der Waals surface area contributed by atoms with E-state index < -0.39 is 15.9 Å². The number of benzene rings is 2. The highest BCUT2D eigenvalue weighted by Gasteiger charge is 2.26. The Labute approximate surface area is 170 Å². The molecule has 0 saturated heterocycles. The van der Waals surface area contributed by atoms with Crippen LogP contribution >= 0.6 is 0 Å². The quantitative estimate of drug-likeness (QED) is 0.589. The van der Waals surface area contributed by atoms with E-state index in [9.17, 15) is 9.00 Å². The zero-order chi connectivity index (χ0) is 20.4. The topological polar surface area (TPSA) is 84.2 Å². The van der Waals surface area contributed by atoms with Gasteiger partial charge in [-0.05, 0) is 79.0 Å². The molecule has 0 aliphatic heterocycles. The van der Waals surface area contributed by atoms with Gasteiger partial charge in [-0.3, -0.25) is 0 Å². The second-order valence-corrected chi connectivity index (χ2v) is 9.07. The summed E-state index contributed by atoms with van der Waals surface area (Å²) in [5, 5.41) is 2.93. The molecule has 0 bridgehead atoms. The Morgan fingerprint density at radius 3 is 2.45 bits per heavy atom. The largest absolute Gasteiger partial charge is 0.497 e. The maximum Gasteiger partial charge on any atom is 0.332 e. The van der Waals surface area contributed by atoms with Gasteiger partial charge in [-0.15, -0.1) is 4.95 Å². The number of nitrogens with zero attached hydrogens (tertiary/aromatic N) is 2. The normalized spacial score (nSPS) is 16.1. The van der Waals surface area contributed by atoms with Gasteiger partial charge in [-0.25, -0.2) is 13.7 Å². The van der Waals surface area contributed by atoms with Crippen LogP contribution in [0.5, 0.6) is 5.75 Å². The molecule has 150 valence electrons. The van der Waals surface area contributed by atoms with Crippen molar-refractivity contribution in [1.29, 1.82) is 0 Å². The van der Waals surface area contributed by atoms with Gasteiger partial charge in [0, 0.05) is 5.69 Å². The Morgan fingerprint density at radius 1 is 1.14 bits per heavy atom. The fourth-order valence-electron chi connectivity index (χ4n) is 4.19. The molecule has 0 saturated carbocycles. The second-order valence-electron chi connectivity index (χ2n) is 7.18. The molecule has 7 nitrogen and oxygen atoms in total. The molecule has 2 aliphatic rings. The highest BCUT2D eigenvalue weighted by molar-refractivity contribution is 7.92. The summed E-state index contributed by atoms with van der Waals surface area (Å²) >= 11 is 0. The van der Waals surface area contributed by atoms with Crippen LogP contribution in [0.15, 0.2) is 39.7 Å². The summed E-state index contributed by atoms with van der Waals surface area (Å²) in [6, 6.07) is 8.05. The molecule has 0 heterocycles. The number of rotatable bonds is 4. The number of urea groups is 1. The molecule has 2 amide bonds. The number of carbonyl (C=O) groups is 1. The molecular formula is C21H22N4O3S. The Hall–Kier alpha value is -3.05. The fourth-order valence-corrected chi connectivity index (χ4v) is 5.40. The van der Waals surface area contributed by atoms with Crippen molar-refractivity contribution in [1.82, 2.24) is 4.72 Å². The molecule has 2 N–H and O–H groups in total. The molecule has 8 heteroatoms. The van der Waals surface area contributed by atoms with Gasteiger partial charge in [0.05, 0.1) is 12.0 Å². The second kappa shape index (κ2) is 7.76. The maximum absolute atomic E-state index is 13.3. The van der Waals surface area contributed by atoms with Crippen LogP contribution in [-0.2, 0) is 35.6 Å². The van der Waals surface area contributed by atoms with Crippen molar-refractivity contribution in [2.24, 2.45) is 4.47 Å². The van der Waals surface area contributed by atoms with Gasteiger partial charge in [0.1, 0.15) is 5.75 Å². The van der Waals surface area contributed by atoms with Crippen LogP contribution in [-0.4, -0.2) is 17.3 Å². The van der Waals surface area contributed by atoms with E-state index in [1.807, 2.05) is 0 Å². The van der Waals surface area contributed by atoms with Crippen molar-refractivity contribution in [2.75, 3.05) is 12.4 Å². The molecule has 1 unspecified atom stereocenters. The first kappa shape index (κ1) is 19.3. The van der Waals surface area contributed by atoms with Gasteiger partial charge in [0.25, 0.3) is 0 Å². The molecule has 4 rings (SSSR count). The number of carbonyl (C=O) groups excluding carboxylic acids is 1. The molecule has 2 aromatic carbocycles. The Balaban J connectivity index is 1.65. The third-order valence-corrected chi connectivity index (χ3v) is 7.13. The molecule has 0 spiro atoms. The van der Waals surface area contributed by atoms with E-state index in [2.05, 4.69) is 25.5 Å². The average Bonchev–Trinajstić information content (AvgIpc) is 3.37. The van der Waals surface area contributed by atoms with Crippen molar-refractivity contribution in [3.8, 4) is 5.75 Å². The van der Waals surface area contributed by atoms with Crippen LogP contribution in [0.25, 0.3) is 4.95 Å². The van der Waals surface area contributed by atoms with Crippen LogP contribution in [0.4, 0.5) is 10.5 Å². The van der Waals surface area contributed by atoms with Gasteiger partial charge in [-0.2, -0.15) is 6.57 Å². The van der Waals surface area contributed by atoms with Crippen molar-refractivity contribution in [2.45, 2.75) is 43.4 Å². The first-order valence-corrected chi connectivity index (χ1v) is 11.1. The van der Waals surface area contributed by atoms with Crippen molar-refractivity contribution >= 4 is 21.6 Å². The molecule has 1 atom stereocenters. The highest BCUT2D eigenvalue weighted by atomic mass is 32.2. The standard InChI is InChI=1S/C21H22N4O3S/c1-22-25-29(27,17-9-5-8-16(13-17)28-2)24-21(26)23-20-18-10-3-6-14(18)12-15-7-4-11-19(15)20/h5,8-9,12-13H,3-4,6-7,10-11H2,2H3,(H2,23,24,25,26,27). The van der Waals surface area contributed by atoms with E-state index in [0.717, 1.165) is 44.2 Å². The number of fused-ring (bicyclic) bond motifs is 2. The first-order chi connectivity index (χ1) is 14.0. The predicted octanol–water partition coefficient (Wildman–Crippen LogP) is 4.07. The summed E-state index contributed by atoms with van der Waals surface area (Å²) < 4.78 is 24.4. The minimum atomic E-state index is -3.47. The number of nitrogens with one attached hydrogen (secondary N) is 2. The Bertz CT molecular complexity index is 1110. The minimum Gasteiger partial charge on any atom is -0.497 e.